The molecule has 0 aliphatic rings. The van der Waals surface area contributed by atoms with E-state index in [2.05, 4.69) is 5.32 Å². The van der Waals surface area contributed by atoms with Crippen LogP contribution in [-0.2, 0) is 11.3 Å². The lowest BCUT2D eigenvalue weighted by Gasteiger charge is -2.18. The maximum Gasteiger partial charge on any atom is 0.429 e. The van der Waals surface area contributed by atoms with E-state index in [1.54, 1.807) is 39.0 Å². The van der Waals surface area contributed by atoms with Gasteiger partial charge >= 0.3 is 6.09 Å². The number of nitrogens with zero attached hydrogens (tertiary/aromatic N) is 2. The highest BCUT2D eigenvalue weighted by atomic mass is 16.6. The molecule has 17 heavy (non-hydrogen) atoms. The number of benzene rings is 1. The smallest absolute Gasteiger partial charge is 0.429 e. The Kier molecular flexibility index (Phi) is 4.11. The largest absolute Gasteiger partial charge is 0.442 e. The molecule has 0 N–H and O–H groups in total. The second kappa shape index (κ2) is 5.35. The van der Waals surface area contributed by atoms with Crippen molar-refractivity contribution in [3.8, 4) is 6.07 Å². The first-order valence-electron chi connectivity index (χ1n) is 5.30. The third kappa shape index (κ3) is 5.03. The maximum atomic E-state index is 11.3. The third-order valence-electron chi connectivity index (χ3n) is 1.84. The zero-order chi connectivity index (χ0) is 12.9. The van der Waals surface area contributed by atoms with Crippen LogP contribution in [0, 0.1) is 11.3 Å². The van der Waals surface area contributed by atoms with Crippen molar-refractivity contribution in [3.63, 3.8) is 0 Å². The summed E-state index contributed by atoms with van der Waals surface area (Å²) >= 11 is 0. The fourth-order valence-corrected chi connectivity index (χ4v) is 1.19. The first-order chi connectivity index (χ1) is 7.90. The Hall–Kier alpha value is -2.02. The number of amides is 1. The van der Waals surface area contributed by atoms with Crippen LogP contribution >= 0.6 is 0 Å². The molecule has 1 aromatic rings. The maximum absolute atomic E-state index is 11.3. The number of ether oxygens (including phenoxy) is 1. The van der Waals surface area contributed by atoms with Gasteiger partial charge < -0.3 is 4.74 Å². The number of nitriles is 1. The molecule has 4 heteroatoms. The van der Waals surface area contributed by atoms with Crippen molar-refractivity contribution >= 4 is 6.09 Å². The fraction of sp³-hybridized carbons (Fsp3) is 0.385. The van der Waals surface area contributed by atoms with Crippen LogP contribution in [0.25, 0.3) is 0 Å². The topological polar surface area (TPSA) is 64.2 Å². The van der Waals surface area contributed by atoms with Crippen LogP contribution < -0.4 is 5.32 Å². The molecule has 0 spiro atoms. The molecule has 1 amide bonds. The van der Waals surface area contributed by atoms with E-state index in [-0.39, 0.29) is 6.54 Å². The lowest BCUT2D eigenvalue weighted by atomic mass is 10.1. The molecule has 89 valence electrons. The van der Waals surface area contributed by atoms with Gasteiger partial charge in [-0.15, -0.1) is 0 Å². The summed E-state index contributed by atoms with van der Waals surface area (Å²) in [5.74, 6) is 0. The molecular weight excluding hydrogens is 216 g/mol. The Bertz CT molecular complexity index is 441. The van der Waals surface area contributed by atoms with Crippen LogP contribution in [0.4, 0.5) is 4.79 Å². The Morgan fingerprint density at radius 3 is 2.76 bits per heavy atom. The van der Waals surface area contributed by atoms with Crippen molar-refractivity contribution in [3.05, 3.63) is 35.4 Å². The molecule has 0 bridgehead atoms. The minimum atomic E-state index is -0.583. The first kappa shape index (κ1) is 13.0. The van der Waals surface area contributed by atoms with Crippen LogP contribution in [0.2, 0.25) is 0 Å². The molecule has 0 aliphatic carbocycles. The Labute approximate surface area is 101 Å². The van der Waals surface area contributed by atoms with Crippen LogP contribution in [0.5, 0.6) is 0 Å². The third-order valence-corrected chi connectivity index (χ3v) is 1.84. The molecule has 1 rings (SSSR count). The summed E-state index contributed by atoms with van der Waals surface area (Å²) in [5, 5.41) is 12.5. The van der Waals surface area contributed by atoms with Crippen molar-refractivity contribution in [2.75, 3.05) is 0 Å². The predicted molar refractivity (Wildman–Crippen MR) is 63.2 cm³/mol. The minimum absolute atomic E-state index is 0.227. The Balaban J connectivity index is 2.51. The van der Waals surface area contributed by atoms with Gasteiger partial charge in [0.15, 0.2) is 0 Å². The highest BCUT2D eigenvalue weighted by Crippen LogP contribution is 2.08. The lowest BCUT2D eigenvalue weighted by molar-refractivity contribution is 0.0516. The molecule has 0 saturated carbocycles. The average molecular weight is 231 g/mol. The van der Waals surface area contributed by atoms with E-state index in [9.17, 15) is 4.79 Å². The number of carbonyl (C=O) groups excluding carboxylic acids is 1. The van der Waals surface area contributed by atoms with E-state index in [1.165, 1.54) is 0 Å². The molecule has 0 aliphatic heterocycles. The minimum Gasteiger partial charge on any atom is -0.442 e. The molecule has 0 unspecified atom stereocenters. The fourth-order valence-electron chi connectivity index (χ4n) is 1.19. The number of rotatable bonds is 2. The second-order valence-corrected chi connectivity index (χ2v) is 4.61. The van der Waals surface area contributed by atoms with E-state index >= 15 is 0 Å². The summed E-state index contributed by atoms with van der Waals surface area (Å²) in [4.78, 5) is 11.3. The van der Waals surface area contributed by atoms with Crippen LogP contribution in [0.3, 0.4) is 0 Å². The van der Waals surface area contributed by atoms with E-state index < -0.39 is 11.7 Å². The zero-order valence-corrected chi connectivity index (χ0v) is 10.2. The summed E-state index contributed by atoms with van der Waals surface area (Å²) in [5.41, 5.74) is 0.839. The van der Waals surface area contributed by atoms with Crippen molar-refractivity contribution in [1.82, 2.24) is 5.32 Å². The molecule has 1 radical (unpaired) electrons. The van der Waals surface area contributed by atoms with Crippen molar-refractivity contribution in [1.29, 1.82) is 5.26 Å². The van der Waals surface area contributed by atoms with E-state index in [0.717, 1.165) is 5.56 Å². The summed E-state index contributed by atoms with van der Waals surface area (Å²) in [6, 6.07) is 9.02. The van der Waals surface area contributed by atoms with E-state index in [0.29, 0.717) is 5.56 Å². The van der Waals surface area contributed by atoms with Crippen molar-refractivity contribution < 1.29 is 9.53 Å². The molecule has 0 fully saturated rings. The molecule has 0 aromatic heterocycles. The first-order valence-corrected chi connectivity index (χ1v) is 5.30. The van der Waals surface area contributed by atoms with Gasteiger partial charge in [0.05, 0.1) is 18.2 Å². The van der Waals surface area contributed by atoms with Gasteiger partial charge in [-0.2, -0.15) is 5.26 Å². The van der Waals surface area contributed by atoms with Gasteiger partial charge in [0, 0.05) is 0 Å². The molecule has 0 atom stereocenters. The van der Waals surface area contributed by atoms with Crippen molar-refractivity contribution in [2.24, 2.45) is 0 Å². The van der Waals surface area contributed by atoms with Gasteiger partial charge in [0.2, 0.25) is 0 Å². The van der Waals surface area contributed by atoms with E-state index in [4.69, 9.17) is 10.00 Å². The summed E-state index contributed by atoms with van der Waals surface area (Å²) < 4.78 is 5.05. The zero-order valence-electron chi connectivity index (χ0n) is 10.2. The predicted octanol–water partition coefficient (Wildman–Crippen LogP) is 2.60. The van der Waals surface area contributed by atoms with Gasteiger partial charge in [-0.25, -0.2) is 10.1 Å². The number of hydrogen-bond acceptors (Lipinski definition) is 3. The summed E-state index contributed by atoms with van der Waals surface area (Å²) in [7, 11) is 0. The molecule has 4 nitrogen and oxygen atoms in total. The highest BCUT2D eigenvalue weighted by molar-refractivity contribution is 5.67. The van der Waals surface area contributed by atoms with Crippen LogP contribution in [0.15, 0.2) is 24.3 Å². The number of hydrogen-bond donors (Lipinski definition) is 0. The molecule has 1 aromatic carbocycles. The van der Waals surface area contributed by atoms with Gasteiger partial charge in [-0.3, -0.25) is 0 Å². The Morgan fingerprint density at radius 1 is 1.47 bits per heavy atom. The van der Waals surface area contributed by atoms with Gasteiger partial charge in [0.25, 0.3) is 0 Å². The Morgan fingerprint density at radius 2 is 2.18 bits per heavy atom. The molecule has 0 saturated heterocycles. The average Bonchev–Trinajstić information content (AvgIpc) is 2.24. The number of carbonyl (C=O) groups is 1. The van der Waals surface area contributed by atoms with Crippen LogP contribution in [0.1, 0.15) is 31.9 Å². The highest BCUT2D eigenvalue weighted by Gasteiger charge is 2.16. The SMILES string of the molecule is CC(C)(C)OC(=O)[N]Cc1cccc(C#N)c1. The lowest BCUT2D eigenvalue weighted by Crippen LogP contribution is -2.28. The normalized spacial score (nSPS) is 10.5. The van der Waals surface area contributed by atoms with Gasteiger partial charge in [0.1, 0.15) is 5.60 Å². The van der Waals surface area contributed by atoms with Crippen molar-refractivity contribution in [2.45, 2.75) is 32.9 Å². The van der Waals surface area contributed by atoms with E-state index in [1.807, 2.05) is 12.1 Å². The quantitative estimate of drug-likeness (QED) is 0.785. The van der Waals surface area contributed by atoms with Gasteiger partial charge in [-0.05, 0) is 38.5 Å². The second-order valence-electron chi connectivity index (χ2n) is 4.61. The molecular formula is C13H15N2O2. The molecule has 0 heterocycles. The summed E-state index contributed by atoms with van der Waals surface area (Å²) in [6.07, 6.45) is -0.583. The monoisotopic (exact) mass is 231 g/mol. The summed E-state index contributed by atoms with van der Waals surface area (Å²) in [6.45, 7) is 5.59. The standard InChI is InChI=1S/C13H15N2O2/c1-13(2,3)17-12(16)15-9-11-6-4-5-10(7-11)8-14/h4-7H,9H2,1-3H3. The van der Waals surface area contributed by atoms with Crippen LogP contribution in [-0.4, -0.2) is 11.7 Å². The van der Waals surface area contributed by atoms with Gasteiger partial charge in [-0.1, -0.05) is 12.1 Å².